The zero-order valence-electron chi connectivity index (χ0n) is 11.2. The Bertz CT molecular complexity index is 673. The van der Waals surface area contributed by atoms with Crippen LogP contribution in [0.25, 0.3) is 0 Å². The summed E-state index contributed by atoms with van der Waals surface area (Å²) in [6, 6.07) is 5.78. The van der Waals surface area contributed by atoms with E-state index in [0.717, 1.165) is 11.1 Å². The molecule has 6 aliphatic carbocycles. The average molecular weight is 291 g/mol. The van der Waals surface area contributed by atoms with Crippen LogP contribution >= 0.6 is 0 Å². The van der Waals surface area contributed by atoms with Crippen molar-refractivity contribution in [1.82, 2.24) is 0 Å². The quantitative estimate of drug-likeness (QED) is 0.753. The van der Waals surface area contributed by atoms with Crippen LogP contribution in [0.3, 0.4) is 0 Å². The summed E-state index contributed by atoms with van der Waals surface area (Å²) in [6.07, 6.45) is 0. The molecule has 106 valence electrons. The lowest BCUT2D eigenvalue weighted by molar-refractivity contribution is -0.748. The summed E-state index contributed by atoms with van der Waals surface area (Å²) in [5.41, 5.74) is 6.02. The highest BCUT2D eigenvalue weighted by atomic mass is 32.2. The molecular formula is C15H17NO3S. The van der Waals surface area contributed by atoms with Crippen LogP contribution in [0, 0.1) is 48.3 Å². The van der Waals surface area contributed by atoms with E-state index in [1.54, 1.807) is 12.1 Å². The van der Waals surface area contributed by atoms with Gasteiger partial charge >= 0.3 is 0 Å². The fourth-order valence-electron chi connectivity index (χ4n) is 6.38. The zero-order chi connectivity index (χ0) is 14.0. The van der Waals surface area contributed by atoms with Gasteiger partial charge in [-0.15, -0.1) is 0 Å². The fraction of sp³-hybridized carbons (Fsp3) is 0.600. The Balaban J connectivity index is 0.0000000962. The molecule has 0 saturated heterocycles. The van der Waals surface area contributed by atoms with Gasteiger partial charge < -0.3 is 10.3 Å². The summed E-state index contributed by atoms with van der Waals surface area (Å²) < 4.78 is 31.2. The summed E-state index contributed by atoms with van der Waals surface area (Å²) in [4.78, 5) is -0.178. The number of aryl methyl sites for hydroxylation is 1. The molecule has 6 fully saturated rings. The lowest BCUT2D eigenvalue weighted by atomic mass is 8.99. The van der Waals surface area contributed by atoms with E-state index in [0.29, 0.717) is 0 Å². The van der Waals surface area contributed by atoms with Gasteiger partial charge in [0.2, 0.25) is 0 Å². The van der Waals surface area contributed by atoms with Gasteiger partial charge in [-0.1, -0.05) is 17.7 Å². The third-order valence-electron chi connectivity index (χ3n) is 6.99. The Morgan fingerprint density at radius 2 is 1.45 bits per heavy atom. The molecule has 0 amide bonds. The van der Waals surface area contributed by atoms with Crippen LogP contribution in [0.1, 0.15) is 5.56 Å². The molecule has 0 unspecified atom stereocenters. The summed E-state index contributed by atoms with van der Waals surface area (Å²) in [6.45, 7) is 1.82. The van der Waals surface area contributed by atoms with Gasteiger partial charge in [0.05, 0.1) is 4.90 Å². The fourth-order valence-corrected chi connectivity index (χ4v) is 6.84. The highest BCUT2D eigenvalue weighted by molar-refractivity contribution is 7.85. The topological polar surface area (TPSA) is 84.8 Å². The summed E-state index contributed by atoms with van der Waals surface area (Å²) in [5, 5.41) is 0. The van der Waals surface area contributed by atoms with Crippen molar-refractivity contribution in [2.24, 2.45) is 41.4 Å². The Morgan fingerprint density at radius 1 is 1.00 bits per heavy atom. The molecule has 6 saturated carbocycles. The highest BCUT2D eigenvalue weighted by Gasteiger charge is 3.06. The number of quaternary nitrogens is 1. The van der Waals surface area contributed by atoms with Crippen LogP contribution in [0.2, 0.25) is 0 Å². The van der Waals surface area contributed by atoms with Crippen LogP contribution in [-0.2, 0) is 10.1 Å². The predicted octanol–water partition coefficient (Wildman–Crippen LogP) is 0.248. The molecule has 0 atom stereocenters. The Kier molecular flexibility index (Phi) is 1.75. The smallest absolute Gasteiger partial charge is 0.124 e. The molecule has 7 rings (SSSR count). The monoisotopic (exact) mass is 291 g/mol. The first-order valence-electron chi connectivity index (χ1n) is 7.25. The molecule has 6 aliphatic rings. The van der Waals surface area contributed by atoms with E-state index in [9.17, 15) is 13.0 Å². The normalized spacial score (nSPS) is 53.9. The molecule has 0 spiro atoms. The highest BCUT2D eigenvalue weighted by Crippen LogP contribution is 3.00. The number of hydrogen-bond acceptors (Lipinski definition) is 3. The molecule has 1 aromatic rings. The van der Waals surface area contributed by atoms with Gasteiger partial charge in [0.25, 0.3) is 0 Å². The lowest BCUT2D eigenvalue weighted by Crippen LogP contribution is -3.18. The van der Waals surface area contributed by atoms with E-state index in [4.69, 9.17) is 0 Å². The van der Waals surface area contributed by atoms with Crippen LogP contribution in [0.15, 0.2) is 29.2 Å². The lowest BCUT2D eigenvalue weighted by Gasteiger charge is -3.04. The third kappa shape index (κ3) is 0.927. The van der Waals surface area contributed by atoms with Gasteiger partial charge in [0.1, 0.15) is 15.7 Å². The minimum absolute atomic E-state index is 0.178. The molecule has 4 nitrogen and oxygen atoms in total. The van der Waals surface area contributed by atoms with E-state index in [-0.39, 0.29) is 4.90 Å². The summed E-state index contributed by atoms with van der Waals surface area (Å²) >= 11 is 0. The second-order valence-electron chi connectivity index (χ2n) is 7.27. The average Bonchev–Trinajstić information content (AvgIpc) is 2.39. The second kappa shape index (κ2) is 2.98. The van der Waals surface area contributed by atoms with E-state index in [2.05, 4.69) is 5.73 Å². The maximum Gasteiger partial charge on any atom is 0.124 e. The molecule has 20 heavy (non-hydrogen) atoms. The van der Waals surface area contributed by atoms with Gasteiger partial charge in [-0.3, -0.25) is 0 Å². The SMILES string of the molecule is Cc1ccc(S(=O)(=O)[O-])cc1.[NH3+]C12C3C4C5C3C1C5C42. The molecule has 5 heteroatoms. The number of hydrogen-bond donors (Lipinski definition) is 1. The molecule has 0 radical (unpaired) electrons. The zero-order valence-corrected chi connectivity index (χ0v) is 12.0. The van der Waals surface area contributed by atoms with Crippen LogP contribution in [-0.4, -0.2) is 18.5 Å². The summed E-state index contributed by atoms with van der Waals surface area (Å²) in [7, 11) is -4.27. The van der Waals surface area contributed by atoms with Gasteiger partial charge in [0, 0.05) is 17.8 Å². The minimum Gasteiger partial charge on any atom is -0.744 e. The van der Waals surface area contributed by atoms with Gasteiger partial charge in [-0.25, -0.2) is 8.42 Å². The molecule has 0 aromatic heterocycles. The first-order valence-corrected chi connectivity index (χ1v) is 8.65. The first-order chi connectivity index (χ1) is 9.37. The van der Waals surface area contributed by atoms with Crippen molar-refractivity contribution in [3.05, 3.63) is 29.8 Å². The van der Waals surface area contributed by atoms with Gasteiger partial charge in [0.15, 0.2) is 0 Å². The van der Waals surface area contributed by atoms with Crippen molar-refractivity contribution < 1.29 is 18.7 Å². The van der Waals surface area contributed by atoms with E-state index in [1.165, 1.54) is 53.6 Å². The van der Waals surface area contributed by atoms with Crippen molar-refractivity contribution in [2.45, 2.75) is 17.4 Å². The number of rotatable bonds is 1. The molecule has 3 N–H and O–H groups in total. The maximum atomic E-state index is 10.4. The Labute approximate surface area is 118 Å². The van der Waals surface area contributed by atoms with Crippen molar-refractivity contribution in [1.29, 1.82) is 0 Å². The first kappa shape index (κ1) is 11.7. The van der Waals surface area contributed by atoms with Crippen LogP contribution in [0.5, 0.6) is 0 Å². The predicted molar refractivity (Wildman–Crippen MR) is 69.2 cm³/mol. The van der Waals surface area contributed by atoms with Gasteiger partial charge in [-0.2, -0.15) is 0 Å². The third-order valence-corrected chi connectivity index (χ3v) is 7.84. The number of benzene rings is 1. The summed E-state index contributed by atoms with van der Waals surface area (Å²) in [5.74, 6) is 8.49. The molecule has 1 aromatic carbocycles. The molecule has 0 aliphatic heterocycles. The minimum atomic E-state index is -4.27. The largest absolute Gasteiger partial charge is 0.744 e. The molecular weight excluding hydrogens is 274 g/mol. The van der Waals surface area contributed by atoms with Crippen LogP contribution < -0.4 is 5.73 Å². The van der Waals surface area contributed by atoms with Crippen molar-refractivity contribution in [3.63, 3.8) is 0 Å². The van der Waals surface area contributed by atoms with E-state index >= 15 is 0 Å². The van der Waals surface area contributed by atoms with Gasteiger partial charge in [-0.05, 0) is 42.7 Å². The molecule has 0 bridgehead atoms. The van der Waals surface area contributed by atoms with Crippen molar-refractivity contribution >= 4 is 10.1 Å². The Morgan fingerprint density at radius 3 is 1.75 bits per heavy atom. The van der Waals surface area contributed by atoms with Crippen molar-refractivity contribution in [2.75, 3.05) is 0 Å². The Hall–Kier alpha value is -0.910. The maximum absolute atomic E-state index is 10.4. The van der Waals surface area contributed by atoms with Crippen molar-refractivity contribution in [3.8, 4) is 0 Å². The van der Waals surface area contributed by atoms with E-state index in [1.807, 2.05) is 6.92 Å². The van der Waals surface area contributed by atoms with E-state index < -0.39 is 10.1 Å². The molecule has 0 heterocycles. The second-order valence-corrected chi connectivity index (χ2v) is 8.65. The van der Waals surface area contributed by atoms with Crippen LogP contribution in [0.4, 0.5) is 0 Å². The standard InChI is InChI=1S/C8H9N.C7H8O3S/c9-8-5-2-1-3(5)7(8)4(1)6(2)8;1-6-2-4-7(5-3-6)11(8,9)10/h1-7H,9H2;2-5H,1H3,(H,8,9,10).